The minimum Gasteiger partial charge on any atom is -0.134 e. The lowest BCUT2D eigenvalue weighted by Gasteiger charge is -2.26. The monoisotopic (exact) mass is 814 g/mol. The quantitative estimate of drug-likeness (QED) is 0.157. The molecule has 1 aliphatic carbocycles. The van der Waals surface area contributed by atoms with Crippen LogP contribution in [0.25, 0.3) is 131 Å². The predicted octanol–water partition coefficient (Wildman–Crippen LogP) is 18.0. The molecule has 0 saturated heterocycles. The van der Waals surface area contributed by atoms with E-state index in [1.54, 1.807) is 0 Å². The molecule has 0 atom stereocenters. The fourth-order valence-corrected chi connectivity index (χ4v) is 12.0. The maximum Gasteiger partial charge on any atom is 0.0446 e. The summed E-state index contributed by atoms with van der Waals surface area (Å²) in [7, 11) is 0. The average molecular weight is 815 g/mol. The second-order valence-corrected chi connectivity index (χ2v) is 17.6. The van der Waals surface area contributed by atoms with Gasteiger partial charge >= 0.3 is 0 Å². The Labute approximate surface area is 370 Å². The Morgan fingerprint density at radius 3 is 1.08 bits per heavy atom. The zero-order valence-electron chi connectivity index (χ0n) is 34.3. The molecule has 1 heterocycles. The molecule has 1 aromatic heterocycles. The molecule has 0 fully saturated rings. The SMILES string of the molecule is c1ccc(-c2c(-c3ccccc3)c(-c3ccccc3)c3c(c2-c2ccccc2)-c2cccc4c(-c5c6ccccc6c(-c6ccccc6)c6c5sc5ccccc56)ccc-3c24)cc1. The van der Waals surface area contributed by atoms with Gasteiger partial charge in [-0.1, -0.05) is 224 Å². The van der Waals surface area contributed by atoms with Crippen molar-refractivity contribution in [1.29, 1.82) is 0 Å². The Morgan fingerprint density at radius 2 is 0.571 bits per heavy atom. The first-order valence-corrected chi connectivity index (χ1v) is 22.6. The molecule has 0 saturated carbocycles. The summed E-state index contributed by atoms with van der Waals surface area (Å²) in [5, 5.41) is 7.79. The second-order valence-electron chi connectivity index (χ2n) is 16.6. The second kappa shape index (κ2) is 14.4. The minimum atomic E-state index is 1.20. The molecule has 0 amide bonds. The van der Waals surface area contributed by atoms with Crippen LogP contribution in [0.1, 0.15) is 0 Å². The van der Waals surface area contributed by atoms with Crippen LogP contribution in [0.2, 0.25) is 0 Å². The first-order chi connectivity index (χ1) is 31.3. The maximum absolute atomic E-state index is 2.45. The van der Waals surface area contributed by atoms with Crippen molar-refractivity contribution >= 4 is 53.1 Å². The van der Waals surface area contributed by atoms with Gasteiger partial charge in [0, 0.05) is 25.7 Å². The normalized spacial score (nSPS) is 11.8. The van der Waals surface area contributed by atoms with Crippen molar-refractivity contribution in [3.05, 3.63) is 231 Å². The number of fused-ring (bicyclic) bond motifs is 7. The van der Waals surface area contributed by atoms with Crippen LogP contribution < -0.4 is 0 Å². The Hall–Kier alpha value is -7.84. The largest absolute Gasteiger partial charge is 0.134 e. The molecule has 13 rings (SSSR count). The van der Waals surface area contributed by atoms with E-state index in [-0.39, 0.29) is 0 Å². The molecule has 1 heteroatoms. The van der Waals surface area contributed by atoms with Gasteiger partial charge in [0.05, 0.1) is 0 Å². The zero-order chi connectivity index (χ0) is 41.4. The predicted molar refractivity (Wildman–Crippen MR) is 271 cm³/mol. The molecule has 0 N–H and O–H groups in total. The summed E-state index contributed by atoms with van der Waals surface area (Å²) in [6.07, 6.45) is 0. The van der Waals surface area contributed by atoms with E-state index in [2.05, 4.69) is 231 Å². The van der Waals surface area contributed by atoms with Crippen molar-refractivity contribution in [3.63, 3.8) is 0 Å². The zero-order valence-corrected chi connectivity index (χ0v) is 35.2. The van der Waals surface area contributed by atoms with Gasteiger partial charge in [-0.15, -0.1) is 11.3 Å². The highest BCUT2D eigenvalue weighted by Crippen LogP contribution is 2.62. The van der Waals surface area contributed by atoms with Crippen LogP contribution in [-0.4, -0.2) is 0 Å². The fraction of sp³-hybridized carbons (Fsp3) is 0. The molecule has 0 unspecified atom stereocenters. The molecule has 0 radical (unpaired) electrons. The van der Waals surface area contributed by atoms with Gasteiger partial charge in [-0.25, -0.2) is 0 Å². The average Bonchev–Trinajstić information content (AvgIpc) is 3.91. The molecule has 11 aromatic carbocycles. The van der Waals surface area contributed by atoms with Gasteiger partial charge in [-0.05, 0) is 111 Å². The van der Waals surface area contributed by atoms with E-state index >= 15 is 0 Å². The lowest BCUT2D eigenvalue weighted by atomic mass is 9.76. The van der Waals surface area contributed by atoms with Crippen LogP contribution in [-0.2, 0) is 0 Å². The molecule has 0 bridgehead atoms. The van der Waals surface area contributed by atoms with Crippen LogP contribution in [0.15, 0.2) is 231 Å². The summed E-state index contributed by atoms with van der Waals surface area (Å²) < 4.78 is 2.64. The van der Waals surface area contributed by atoms with Gasteiger partial charge in [-0.3, -0.25) is 0 Å². The van der Waals surface area contributed by atoms with Gasteiger partial charge in [-0.2, -0.15) is 0 Å². The lowest BCUT2D eigenvalue weighted by Crippen LogP contribution is -1.99. The highest BCUT2D eigenvalue weighted by Gasteiger charge is 2.34. The molecule has 1 aliphatic rings. The van der Waals surface area contributed by atoms with Crippen LogP contribution in [0.5, 0.6) is 0 Å². The summed E-state index contributed by atoms with van der Waals surface area (Å²) in [6.45, 7) is 0. The molecule has 0 aliphatic heterocycles. The van der Waals surface area contributed by atoms with Crippen molar-refractivity contribution in [2.45, 2.75) is 0 Å². The third-order valence-electron chi connectivity index (χ3n) is 13.2. The van der Waals surface area contributed by atoms with Gasteiger partial charge in [0.25, 0.3) is 0 Å². The fourth-order valence-electron chi connectivity index (χ4n) is 10.7. The standard InChI is InChI=1S/C62H38S/c1-6-21-39(22-7-1)52-44-31-16-17-32-46(44)58(62-61(52)48-33-18-19-36-51(48)63-62)47-37-38-50-57-45(47)34-20-35-49(57)59-55(42-27-12-4-13-28-42)53(40-23-8-2-9-24-40)54(41-25-10-3-11-26-41)56(60(50)59)43-29-14-5-15-30-43/h1-38H. The molecular weight excluding hydrogens is 777 g/mol. The summed E-state index contributed by atoms with van der Waals surface area (Å²) in [6, 6.07) is 85.3. The molecular formula is C62H38S. The van der Waals surface area contributed by atoms with E-state index < -0.39 is 0 Å². The third-order valence-corrected chi connectivity index (χ3v) is 14.4. The summed E-state index contributed by atoms with van der Waals surface area (Å²) in [4.78, 5) is 0. The highest BCUT2D eigenvalue weighted by atomic mass is 32.1. The van der Waals surface area contributed by atoms with Crippen molar-refractivity contribution in [3.8, 4) is 89.0 Å². The van der Waals surface area contributed by atoms with Crippen LogP contribution in [0.4, 0.5) is 0 Å². The van der Waals surface area contributed by atoms with Gasteiger partial charge in [0.1, 0.15) is 0 Å². The Bertz CT molecular complexity index is 3620. The molecule has 12 aromatic rings. The Kier molecular flexibility index (Phi) is 8.19. The first kappa shape index (κ1) is 35.9. The third kappa shape index (κ3) is 5.40. The first-order valence-electron chi connectivity index (χ1n) is 21.8. The Morgan fingerprint density at radius 1 is 0.206 bits per heavy atom. The van der Waals surface area contributed by atoms with Gasteiger partial charge in [0.2, 0.25) is 0 Å². The number of benzene rings is 11. The molecule has 0 nitrogen and oxygen atoms in total. The smallest absolute Gasteiger partial charge is 0.0446 e. The van der Waals surface area contributed by atoms with E-state index in [1.165, 1.54) is 131 Å². The maximum atomic E-state index is 2.45. The Balaban J connectivity index is 1.21. The minimum absolute atomic E-state index is 1.20. The van der Waals surface area contributed by atoms with Crippen LogP contribution in [0.3, 0.4) is 0 Å². The number of hydrogen-bond acceptors (Lipinski definition) is 1. The molecule has 0 spiro atoms. The number of rotatable bonds is 6. The molecule has 63 heavy (non-hydrogen) atoms. The highest BCUT2D eigenvalue weighted by molar-refractivity contribution is 7.26. The molecule has 292 valence electrons. The van der Waals surface area contributed by atoms with Gasteiger partial charge in [0.15, 0.2) is 0 Å². The van der Waals surface area contributed by atoms with Crippen molar-refractivity contribution < 1.29 is 0 Å². The van der Waals surface area contributed by atoms with Crippen LogP contribution >= 0.6 is 11.3 Å². The summed E-state index contributed by atoms with van der Waals surface area (Å²) in [5.41, 5.74) is 20.2. The summed E-state index contributed by atoms with van der Waals surface area (Å²) >= 11 is 1.93. The van der Waals surface area contributed by atoms with E-state index in [0.29, 0.717) is 0 Å². The van der Waals surface area contributed by atoms with Crippen LogP contribution in [0, 0.1) is 0 Å². The van der Waals surface area contributed by atoms with Crippen molar-refractivity contribution in [1.82, 2.24) is 0 Å². The van der Waals surface area contributed by atoms with E-state index in [1.807, 2.05) is 11.3 Å². The van der Waals surface area contributed by atoms with E-state index in [4.69, 9.17) is 0 Å². The van der Waals surface area contributed by atoms with Gasteiger partial charge < -0.3 is 0 Å². The number of hydrogen-bond donors (Lipinski definition) is 0. The van der Waals surface area contributed by atoms with Crippen molar-refractivity contribution in [2.24, 2.45) is 0 Å². The number of thiophene rings is 1. The lowest BCUT2D eigenvalue weighted by molar-refractivity contribution is 1.54. The van der Waals surface area contributed by atoms with E-state index in [0.717, 1.165) is 0 Å². The van der Waals surface area contributed by atoms with E-state index in [9.17, 15) is 0 Å². The summed E-state index contributed by atoms with van der Waals surface area (Å²) in [5.74, 6) is 0. The topological polar surface area (TPSA) is 0 Å². The van der Waals surface area contributed by atoms with Crippen molar-refractivity contribution in [2.75, 3.05) is 0 Å².